The zero-order valence-corrected chi connectivity index (χ0v) is 14.6. The van der Waals surface area contributed by atoms with Crippen molar-refractivity contribution in [1.29, 1.82) is 0 Å². The van der Waals surface area contributed by atoms with Crippen LogP contribution in [0.15, 0.2) is 46.6 Å². The number of aromatic nitrogens is 4. The number of nitrogens with zero attached hydrogens (tertiary/aromatic N) is 3. The molecule has 1 amide bonds. The van der Waals surface area contributed by atoms with Crippen LogP contribution in [0.4, 0.5) is 13.2 Å². The Bertz CT molecular complexity index is 1260. The molecule has 0 radical (unpaired) electrons. The molecule has 1 aromatic carbocycles. The van der Waals surface area contributed by atoms with Crippen molar-refractivity contribution < 1.29 is 18.0 Å². The molecule has 0 aliphatic rings. The minimum Gasteiger partial charge on any atom is -0.364 e. The zero-order chi connectivity index (χ0) is 20.1. The lowest BCUT2D eigenvalue weighted by Gasteiger charge is -2.09. The topological polar surface area (TPSA) is 107 Å². The number of nitrogens with two attached hydrogens (primary N) is 1. The highest BCUT2D eigenvalue weighted by molar-refractivity contribution is 7.12. The third-order valence-corrected chi connectivity index (χ3v) is 4.80. The van der Waals surface area contributed by atoms with Gasteiger partial charge in [-0.25, -0.2) is 19.3 Å². The number of thiophene rings is 1. The number of alkyl halides is 3. The Kier molecular flexibility index (Phi) is 4.03. The smallest absolute Gasteiger partial charge is 0.364 e. The number of primary amides is 1. The van der Waals surface area contributed by atoms with E-state index in [0.717, 1.165) is 12.1 Å². The van der Waals surface area contributed by atoms with Crippen LogP contribution in [0.25, 0.3) is 27.6 Å². The van der Waals surface area contributed by atoms with Crippen molar-refractivity contribution in [2.24, 2.45) is 5.73 Å². The molecular weight excluding hydrogens is 395 g/mol. The first kappa shape index (κ1) is 17.9. The number of benzene rings is 1. The van der Waals surface area contributed by atoms with Crippen molar-refractivity contribution in [1.82, 2.24) is 19.5 Å². The molecule has 0 bridgehead atoms. The van der Waals surface area contributed by atoms with Crippen LogP contribution in [0.5, 0.6) is 0 Å². The molecule has 142 valence electrons. The normalized spacial score (nSPS) is 11.8. The summed E-state index contributed by atoms with van der Waals surface area (Å²) in [5, 5.41) is 2.25. The maximum Gasteiger partial charge on any atom is 0.416 e. The maximum atomic E-state index is 13.0. The van der Waals surface area contributed by atoms with Gasteiger partial charge in [0.05, 0.1) is 5.56 Å². The van der Waals surface area contributed by atoms with Crippen molar-refractivity contribution >= 4 is 28.4 Å². The van der Waals surface area contributed by atoms with Crippen LogP contribution in [0, 0.1) is 0 Å². The van der Waals surface area contributed by atoms with Gasteiger partial charge in [-0.15, -0.1) is 11.3 Å². The summed E-state index contributed by atoms with van der Waals surface area (Å²) in [5.41, 5.74) is 3.71. The molecule has 0 spiro atoms. The second kappa shape index (κ2) is 6.30. The standard InChI is InChI=1S/C17H10F3N5O2S/c18-17(19,20)9-4-1-3-8(7-9)14-22-11(13(21)26)12-15(24-14)25(16(27)23-12)10-5-2-6-28-10/h1-7H,(H2,21,26)(H,23,27). The number of fused-ring (bicyclic) bond motifs is 1. The van der Waals surface area contributed by atoms with E-state index < -0.39 is 23.3 Å². The Morgan fingerprint density at radius 2 is 1.96 bits per heavy atom. The average molecular weight is 405 g/mol. The van der Waals surface area contributed by atoms with Gasteiger partial charge < -0.3 is 10.7 Å². The van der Waals surface area contributed by atoms with Gasteiger partial charge in [-0.3, -0.25) is 4.79 Å². The molecule has 3 N–H and O–H groups in total. The van der Waals surface area contributed by atoms with Crippen molar-refractivity contribution in [3.8, 4) is 16.4 Å². The molecule has 0 aliphatic heterocycles. The predicted molar refractivity (Wildman–Crippen MR) is 96.3 cm³/mol. The number of H-pyrrole nitrogens is 1. The molecule has 3 heterocycles. The molecule has 0 fully saturated rings. The first-order chi connectivity index (χ1) is 13.3. The highest BCUT2D eigenvalue weighted by Crippen LogP contribution is 2.32. The maximum absolute atomic E-state index is 13.0. The monoisotopic (exact) mass is 405 g/mol. The summed E-state index contributed by atoms with van der Waals surface area (Å²) >= 11 is 1.25. The fraction of sp³-hybridized carbons (Fsp3) is 0.0588. The Morgan fingerprint density at radius 3 is 2.61 bits per heavy atom. The molecule has 28 heavy (non-hydrogen) atoms. The Balaban J connectivity index is 2.02. The third-order valence-electron chi connectivity index (χ3n) is 3.94. The number of carbonyl (C=O) groups excluding carboxylic acids is 1. The van der Waals surface area contributed by atoms with Gasteiger partial charge in [-0.2, -0.15) is 13.2 Å². The summed E-state index contributed by atoms with van der Waals surface area (Å²) in [6.45, 7) is 0. The number of imidazole rings is 1. The molecule has 4 aromatic rings. The van der Waals surface area contributed by atoms with Crippen molar-refractivity contribution in [3.63, 3.8) is 0 Å². The zero-order valence-electron chi connectivity index (χ0n) is 13.8. The van der Waals surface area contributed by atoms with E-state index in [-0.39, 0.29) is 28.2 Å². The molecule has 11 heteroatoms. The Hall–Kier alpha value is -3.47. The van der Waals surface area contributed by atoms with Crippen molar-refractivity contribution in [3.05, 3.63) is 63.5 Å². The molecule has 0 aliphatic carbocycles. The number of aromatic amines is 1. The highest BCUT2D eigenvalue weighted by Gasteiger charge is 2.31. The highest BCUT2D eigenvalue weighted by atomic mass is 32.1. The minimum absolute atomic E-state index is 0.0154. The number of carbonyl (C=O) groups is 1. The van der Waals surface area contributed by atoms with Gasteiger partial charge in [0.2, 0.25) is 0 Å². The fourth-order valence-corrected chi connectivity index (χ4v) is 3.46. The molecule has 3 aromatic heterocycles. The van der Waals surface area contributed by atoms with Crippen LogP contribution in [0.2, 0.25) is 0 Å². The number of rotatable bonds is 3. The van der Waals surface area contributed by atoms with Crippen LogP contribution in [-0.2, 0) is 6.18 Å². The second-order valence-electron chi connectivity index (χ2n) is 5.75. The van der Waals surface area contributed by atoms with E-state index in [2.05, 4.69) is 15.0 Å². The van der Waals surface area contributed by atoms with Crippen molar-refractivity contribution in [2.75, 3.05) is 0 Å². The van der Waals surface area contributed by atoms with Crippen LogP contribution in [0.1, 0.15) is 16.1 Å². The van der Waals surface area contributed by atoms with Crippen LogP contribution in [0.3, 0.4) is 0 Å². The number of hydrogen-bond donors (Lipinski definition) is 2. The van der Waals surface area contributed by atoms with E-state index >= 15 is 0 Å². The molecule has 0 atom stereocenters. The van der Waals surface area contributed by atoms with E-state index in [9.17, 15) is 22.8 Å². The SMILES string of the molecule is NC(=O)c1nc(-c2cccc(C(F)(F)F)c2)nc2c1[nH]c(=O)n2-c1cccs1. The number of halogens is 3. The lowest BCUT2D eigenvalue weighted by atomic mass is 10.1. The summed E-state index contributed by atoms with van der Waals surface area (Å²) in [7, 11) is 0. The summed E-state index contributed by atoms with van der Waals surface area (Å²) < 4.78 is 40.3. The first-order valence-electron chi connectivity index (χ1n) is 7.80. The summed E-state index contributed by atoms with van der Waals surface area (Å²) in [5.74, 6) is -1.10. The third kappa shape index (κ3) is 2.95. The van der Waals surface area contributed by atoms with Crippen LogP contribution >= 0.6 is 11.3 Å². The molecule has 7 nitrogen and oxygen atoms in total. The molecule has 4 rings (SSSR count). The van der Waals surface area contributed by atoms with Crippen LogP contribution < -0.4 is 11.4 Å². The fourth-order valence-electron chi connectivity index (χ4n) is 2.73. The van der Waals surface area contributed by atoms with Gasteiger partial charge in [0.15, 0.2) is 17.2 Å². The largest absolute Gasteiger partial charge is 0.416 e. The number of amides is 1. The minimum atomic E-state index is -4.56. The summed E-state index contributed by atoms with van der Waals surface area (Å²) in [4.78, 5) is 35.0. The van der Waals surface area contributed by atoms with Gasteiger partial charge in [0.25, 0.3) is 5.91 Å². The Morgan fingerprint density at radius 1 is 1.18 bits per heavy atom. The number of hydrogen-bond acceptors (Lipinski definition) is 5. The van der Waals surface area contributed by atoms with E-state index in [1.54, 1.807) is 17.5 Å². The van der Waals surface area contributed by atoms with Gasteiger partial charge >= 0.3 is 11.9 Å². The van der Waals surface area contributed by atoms with E-state index in [0.29, 0.717) is 5.00 Å². The molecule has 0 saturated carbocycles. The van der Waals surface area contributed by atoms with Gasteiger partial charge in [0, 0.05) is 5.56 Å². The quantitative estimate of drug-likeness (QED) is 0.546. The van der Waals surface area contributed by atoms with Crippen molar-refractivity contribution in [2.45, 2.75) is 6.18 Å². The average Bonchev–Trinajstić information content (AvgIpc) is 3.26. The number of nitrogens with one attached hydrogen (secondary N) is 1. The molecule has 0 unspecified atom stereocenters. The van der Waals surface area contributed by atoms with Crippen LogP contribution in [-0.4, -0.2) is 25.4 Å². The first-order valence-corrected chi connectivity index (χ1v) is 8.68. The predicted octanol–water partition coefficient (Wildman–Crippen LogP) is 2.96. The molecular formula is C17H10F3N5O2S. The summed E-state index contributed by atoms with van der Waals surface area (Å²) in [6, 6.07) is 7.74. The Labute approximate surface area is 158 Å². The van der Waals surface area contributed by atoms with Gasteiger partial charge in [-0.05, 0) is 29.6 Å². The lowest BCUT2D eigenvalue weighted by molar-refractivity contribution is -0.137. The van der Waals surface area contributed by atoms with E-state index in [1.807, 2.05) is 0 Å². The lowest BCUT2D eigenvalue weighted by Crippen LogP contribution is -2.15. The molecule has 0 saturated heterocycles. The summed E-state index contributed by atoms with van der Waals surface area (Å²) in [6.07, 6.45) is -4.56. The van der Waals surface area contributed by atoms with Gasteiger partial charge in [-0.1, -0.05) is 12.1 Å². The van der Waals surface area contributed by atoms with Gasteiger partial charge in [0.1, 0.15) is 10.5 Å². The van der Waals surface area contributed by atoms with E-state index in [4.69, 9.17) is 5.73 Å². The van der Waals surface area contributed by atoms with E-state index in [1.165, 1.54) is 28.0 Å². The second-order valence-corrected chi connectivity index (χ2v) is 6.68.